The molecule has 4 nitrogen and oxygen atoms in total. The Morgan fingerprint density at radius 3 is 2.47 bits per heavy atom. The molecule has 9 heteroatoms. The smallest absolute Gasteiger partial charge is 0.335 e. The van der Waals surface area contributed by atoms with Crippen LogP contribution in [0.15, 0.2) is 0 Å². The molecule has 100 valence electrons. The zero-order valence-corrected chi connectivity index (χ0v) is 10.3. The van der Waals surface area contributed by atoms with Crippen molar-refractivity contribution in [3.05, 3.63) is 0 Å². The molecule has 0 aromatic heterocycles. The minimum atomic E-state index is -4.87. The highest BCUT2D eigenvalue weighted by molar-refractivity contribution is 8.13. The van der Waals surface area contributed by atoms with E-state index in [2.05, 4.69) is 0 Å². The topological polar surface area (TPSA) is 54.5 Å². The molecule has 0 radical (unpaired) electrons. The van der Waals surface area contributed by atoms with Crippen molar-refractivity contribution >= 4 is 25.6 Å². The Morgan fingerprint density at radius 2 is 2.00 bits per heavy atom. The third-order valence-corrected chi connectivity index (χ3v) is 3.77. The Balaban J connectivity index is 2.46. The molecule has 0 N–H and O–H groups in total. The van der Waals surface area contributed by atoms with Crippen LogP contribution >= 0.6 is 10.7 Å². The van der Waals surface area contributed by atoms with Crippen LogP contribution in [0.4, 0.5) is 13.2 Å². The molecule has 1 amide bonds. The van der Waals surface area contributed by atoms with E-state index < -0.39 is 21.1 Å². The van der Waals surface area contributed by atoms with Crippen molar-refractivity contribution in [3.8, 4) is 0 Å². The van der Waals surface area contributed by atoms with Gasteiger partial charge in [-0.2, -0.15) is 13.2 Å². The van der Waals surface area contributed by atoms with Gasteiger partial charge in [0.2, 0.25) is 9.05 Å². The Bertz CT molecular complexity index is 395. The van der Waals surface area contributed by atoms with Crippen LogP contribution in [0.1, 0.15) is 12.8 Å². The highest BCUT2D eigenvalue weighted by atomic mass is 35.7. The van der Waals surface area contributed by atoms with Crippen molar-refractivity contribution in [2.45, 2.75) is 19.0 Å². The van der Waals surface area contributed by atoms with E-state index >= 15 is 0 Å². The van der Waals surface area contributed by atoms with Gasteiger partial charge in [0.25, 0.3) is 0 Å². The molecule has 17 heavy (non-hydrogen) atoms. The minimum absolute atomic E-state index is 0.00530. The third-order valence-electron chi connectivity index (χ3n) is 2.59. The number of rotatable bonds is 3. The first-order valence-corrected chi connectivity index (χ1v) is 7.36. The summed E-state index contributed by atoms with van der Waals surface area (Å²) in [5.74, 6) is -2.39. The minimum Gasteiger partial charge on any atom is -0.335 e. The molecule has 1 heterocycles. The van der Waals surface area contributed by atoms with Gasteiger partial charge in [0.15, 0.2) is 0 Å². The van der Waals surface area contributed by atoms with Crippen LogP contribution < -0.4 is 0 Å². The van der Waals surface area contributed by atoms with Crippen molar-refractivity contribution in [3.63, 3.8) is 0 Å². The first-order chi connectivity index (χ1) is 7.59. The van der Waals surface area contributed by atoms with Gasteiger partial charge in [-0.05, 0) is 18.8 Å². The second kappa shape index (κ2) is 5.01. The molecular weight excluding hydrogens is 283 g/mol. The van der Waals surface area contributed by atoms with E-state index in [1.54, 1.807) is 0 Å². The summed E-state index contributed by atoms with van der Waals surface area (Å²) in [5, 5.41) is 0. The van der Waals surface area contributed by atoms with Gasteiger partial charge < -0.3 is 4.90 Å². The number of likely N-dealkylation sites (tertiary alicyclic amines) is 1. The van der Waals surface area contributed by atoms with Crippen LogP contribution in [0.3, 0.4) is 0 Å². The zero-order chi connectivity index (χ0) is 13.3. The van der Waals surface area contributed by atoms with E-state index in [1.165, 1.54) is 0 Å². The lowest BCUT2D eigenvalue weighted by Gasteiger charge is -2.17. The van der Waals surface area contributed by atoms with Crippen LogP contribution in [0, 0.1) is 5.92 Å². The van der Waals surface area contributed by atoms with Gasteiger partial charge in [-0.3, -0.25) is 4.79 Å². The second-order valence-electron chi connectivity index (χ2n) is 3.94. The lowest BCUT2D eigenvalue weighted by Crippen LogP contribution is -2.39. The standard InChI is InChI=1S/C8H11ClF3NO3S/c9-17(15,16)4-2-6-1-3-13(5-6)7(14)8(10,11)12/h6H,1-5H2. The number of hydrogen-bond donors (Lipinski definition) is 0. The van der Waals surface area contributed by atoms with E-state index in [1.807, 2.05) is 0 Å². The van der Waals surface area contributed by atoms with Gasteiger partial charge in [0.1, 0.15) is 0 Å². The molecule has 0 bridgehead atoms. The molecule has 0 aromatic carbocycles. The van der Waals surface area contributed by atoms with Crippen LogP contribution in [0.2, 0.25) is 0 Å². The van der Waals surface area contributed by atoms with Gasteiger partial charge in [0.05, 0.1) is 5.75 Å². The first kappa shape index (κ1) is 14.6. The predicted molar refractivity (Wildman–Crippen MR) is 55.0 cm³/mol. The van der Waals surface area contributed by atoms with Crippen molar-refractivity contribution in [2.24, 2.45) is 5.92 Å². The summed E-state index contributed by atoms with van der Waals surface area (Å²) in [7, 11) is 1.36. The summed E-state index contributed by atoms with van der Waals surface area (Å²) in [6.45, 7) is -0.0594. The normalized spacial score (nSPS) is 21.9. The van der Waals surface area contributed by atoms with Crippen LogP contribution in [-0.2, 0) is 13.8 Å². The molecule has 1 unspecified atom stereocenters. The Kier molecular flexibility index (Phi) is 4.29. The Hall–Kier alpha value is -0.500. The van der Waals surface area contributed by atoms with Gasteiger partial charge >= 0.3 is 12.1 Å². The van der Waals surface area contributed by atoms with Gasteiger partial charge in [-0.25, -0.2) is 8.42 Å². The molecule has 0 spiro atoms. The predicted octanol–water partition coefficient (Wildman–Crippen LogP) is 1.36. The molecule has 1 atom stereocenters. The molecule has 1 saturated heterocycles. The monoisotopic (exact) mass is 293 g/mol. The van der Waals surface area contributed by atoms with Crippen molar-refractivity contribution < 1.29 is 26.4 Å². The average molecular weight is 294 g/mol. The molecule has 1 aliphatic rings. The first-order valence-electron chi connectivity index (χ1n) is 4.88. The summed E-state index contributed by atoms with van der Waals surface area (Å²) in [6, 6.07) is 0. The number of carbonyl (C=O) groups is 1. The fourth-order valence-corrected chi connectivity index (χ4v) is 2.62. The number of halogens is 4. The molecule has 1 fully saturated rings. The maximum Gasteiger partial charge on any atom is 0.471 e. The van der Waals surface area contributed by atoms with Crippen molar-refractivity contribution in [1.29, 1.82) is 0 Å². The molecule has 1 aliphatic heterocycles. The lowest BCUT2D eigenvalue weighted by atomic mass is 10.1. The SMILES string of the molecule is O=C(N1CCC(CCS(=O)(=O)Cl)C1)C(F)(F)F. The molecule has 0 saturated carbocycles. The van der Waals surface area contributed by atoms with E-state index in [0.717, 1.165) is 0 Å². The summed E-state index contributed by atoms with van der Waals surface area (Å²) in [5.41, 5.74) is 0. The highest BCUT2D eigenvalue weighted by Gasteiger charge is 2.44. The lowest BCUT2D eigenvalue weighted by molar-refractivity contribution is -0.184. The second-order valence-corrected chi connectivity index (χ2v) is 6.83. The van der Waals surface area contributed by atoms with Crippen molar-refractivity contribution in [2.75, 3.05) is 18.8 Å². The molecule has 0 aromatic rings. The van der Waals surface area contributed by atoms with Crippen LogP contribution in [-0.4, -0.2) is 44.2 Å². The quantitative estimate of drug-likeness (QED) is 0.738. The van der Waals surface area contributed by atoms with E-state index in [4.69, 9.17) is 10.7 Å². The number of alkyl halides is 3. The average Bonchev–Trinajstić information content (AvgIpc) is 2.59. The van der Waals surface area contributed by atoms with Crippen molar-refractivity contribution in [1.82, 2.24) is 4.90 Å². The Labute approximate surface area is 101 Å². The summed E-state index contributed by atoms with van der Waals surface area (Å²) < 4.78 is 57.6. The molecule has 0 aliphatic carbocycles. The number of hydrogen-bond acceptors (Lipinski definition) is 3. The zero-order valence-electron chi connectivity index (χ0n) is 8.70. The van der Waals surface area contributed by atoms with E-state index in [-0.39, 0.29) is 31.2 Å². The number of carbonyl (C=O) groups excluding carboxylic acids is 1. The van der Waals surface area contributed by atoms with E-state index in [0.29, 0.717) is 11.3 Å². The molecule has 1 rings (SSSR count). The number of nitrogens with zero attached hydrogens (tertiary/aromatic N) is 1. The van der Waals surface area contributed by atoms with Gasteiger partial charge in [-0.1, -0.05) is 0 Å². The van der Waals surface area contributed by atoms with Crippen LogP contribution in [0.5, 0.6) is 0 Å². The van der Waals surface area contributed by atoms with Gasteiger partial charge in [-0.15, -0.1) is 0 Å². The number of amides is 1. The maximum atomic E-state index is 12.1. The summed E-state index contributed by atoms with van der Waals surface area (Å²) in [4.78, 5) is 11.6. The maximum absolute atomic E-state index is 12.1. The summed E-state index contributed by atoms with van der Waals surface area (Å²) >= 11 is 0. The molecular formula is C8H11ClF3NO3S. The highest BCUT2D eigenvalue weighted by Crippen LogP contribution is 2.26. The Morgan fingerprint density at radius 1 is 1.41 bits per heavy atom. The fraction of sp³-hybridized carbons (Fsp3) is 0.875. The largest absolute Gasteiger partial charge is 0.471 e. The summed E-state index contributed by atoms with van der Waals surface area (Å²) in [6.07, 6.45) is -4.32. The van der Waals surface area contributed by atoms with Crippen LogP contribution in [0.25, 0.3) is 0 Å². The van der Waals surface area contributed by atoms with Gasteiger partial charge in [0, 0.05) is 23.8 Å². The third kappa shape index (κ3) is 4.71. The fourth-order valence-electron chi connectivity index (χ4n) is 1.74. The van der Waals surface area contributed by atoms with E-state index in [9.17, 15) is 26.4 Å².